The van der Waals surface area contributed by atoms with Crippen molar-refractivity contribution in [3.05, 3.63) is 47.9 Å². The Labute approximate surface area is 104 Å². The predicted octanol–water partition coefficient (Wildman–Crippen LogP) is 3.97. The van der Waals surface area contributed by atoms with Gasteiger partial charge in [-0.15, -0.1) is 0 Å². The SMILES string of the molecule is CC(Nc1ccc(C(F)F)cc1N)c1ccco1. The van der Waals surface area contributed by atoms with Crippen molar-refractivity contribution < 1.29 is 13.2 Å². The molecule has 2 aromatic rings. The second-order valence-electron chi connectivity index (χ2n) is 4.03. The van der Waals surface area contributed by atoms with Gasteiger partial charge in [-0.1, -0.05) is 6.07 Å². The number of rotatable bonds is 4. The third kappa shape index (κ3) is 2.61. The molecule has 0 aliphatic carbocycles. The Hall–Kier alpha value is -2.04. The number of nitrogens with two attached hydrogens (primary N) is 1. The van der Waals surface area contributed by atoms with E-state index in [4.69, 9.17) is 10.2 Å². The van der Waals surface area contributed by atoms with Crippen LogP contribution in [-0.4, -0.2) is 0 Å². The molecule has 1 unspecified atom stereocenters. The number of nitrogens with one attached hydrogen (secondary N) is 1. The third-order valence-electron chi connectivity index (χ3n) is 2.67. The van der Waals surface area contributed by atoms with Gasteiger partial charge in [0.15, 0.2) is 0 Å². The Morgan fingerprint density at radius 1 is 1.28 bits per heavy atom. The van der Waals surface area contributed by atoms with E-state index in [9.17, 15) is 8.78 Å². The van der Waals surface area contributed by atoms with Gasteiger partial charge in [0, 0.05) is 5.56 Å². The summed E-state index contributed by atoms with van der Waals surface area (Å²) in [4.78, 5) is 0. The van der Waals surface area contributed by atoms with E-state index in [0.717, 1.165) is 5.76 Å². The minimum Gasteiger partial charge on any atom is -0.467 e. The van der Waals surface area contributed by atoms with Gasteiger partial charge in [0.2, 0.25) is 0 Å². The van der Waals surface area contributed by atoms with E-state index in [1.807, 2.05) is 13.0 Å². The lowest BCUT2D eigenvalue weighted by Gasteiger charge is -2.15. The molecule has 5 heteroatoms. The van der Waals surface area contributed by atoms with Gasteiger partial charge in [-0.3, -0.25) is 0 Å². The van der Waals surface area contributed by atoms with E-state index in [1.165, 1.54) is 12.1 Å². The van der Waals surface area contributed by atoms with Crippen molar-refractivity contribution in [3.63, 3.8) is 0 Å². The molecule has 2 rings (SSSR count). The number of hydrogen-bond acceptors (Lipinski definition) is 3. The first-order chi connectivity index (χ1) is 8.58. The van der Waals surface area contributed by atoms with Crippen LogP contribution in [0.3, 0.4) is 0 Å². The fourth-order valence-electron chi connectivity index (χ4n) is 1.69. The first-order valence-corrected chi connectivity index (χ1v) is 5.55. The normalized spacial score (nSPS) is 12.7. The standard InChI is InChI=1S/C13H14F2N2O/c1-8(12-3-2-6-18-12)17-11-5-4-9(13(14)15)7-10(11)16/h2-8,13,17H,16H2,1H3. The summed E-state index contributed by atoms with van der Waals surface area (Å²) in [6.07, 6.45) is -0.930. The van der Waals surface area contributed by atoms with Gasteiger partial charge < -0.3 is 15.5 Å². The van der Waals surface area contributed by atoms with Gasteiger partial charge in [0.25, 0.3) is 6.43 Å². The van der Waals surface area contributed by atoms with E-state index in [0.29, 0.717) is 11.4 Å². The number of anilines is 2. The minimum absolute atomic E-state index is 0.0799. The van der Waals surface area contributed by atoms with Gasteiger partial charge in [0.1, 0.15) is 5.76 Å². The van der Waals surface area contributed by atoms with Crippen molar-refractivity contribution in [1.82, 2.24) is 0 Å². The summed E-state index contributed by atoms with van der Waals surface area (Å²) in [5.74, 6) is 0.757. The van der Waals surface area contributed by atoms with Gasteiger partial charge in [-0.25, -0.2) is 8.78 Å². The maximum atomic E-state index is 12.5. The summed E-state index contributed by atoms with van der Waals surface area (Å²) in [7, 11) is 0. The molecular weight excluding hydrogens is 238 g/mol. The number of hydrogen-bond donors (Lipinski definition) is 2. The fourth-order valence-corrected chi connectivity index (χ4v) is 1.69. The second-order valence-corrected chi connectivity index (χ2v) is 4.03. The van der Waals surface area contributed by atoms with Crippen molar-refractivity contribution in [1.29, 1.82) is 0 Å². The van der Waals surface area contributed by atoms with Crippen molar-refractivity contribution >= 4 is 11.4 Å². The monoisotopic (exact) mass is 252 g/mol. The molecule has 3 nitrogen and oxygen atoms in total. The van der Waals surface area contributed by atoms with Crippen LogP contribution in [0.2, 0.25) is 0 Å². The Kier molecular flexibility index (Phi) is 3.50. The van der Waals surface area contributed by atoms with Crippen molar-refractivity contribution in [2.75, 3.05) is 11.1 Å². The van der Waals surface area contributed by atoms with E-state index in [2.05, 4.69) is 5.32 Å². The lowest BCUT2D eigenvalue weighted by molar-refractivity contribution is 0.151. The van der Waals surface area contributed by atoms with Gasteiger partial charge >= 0.3 is 0 Å². The molecule has 1 aromatic carbocycles. The van der Waals surface area contributed by atoms with E-state index >= 15 is 0 Å². The molecule has 1 atom stereocenters. The average Bonchev–Trinajstić information content (AvgIpc) is 2.85. The van der Waals surface area contributed by atoms with Crippen LogP contribution in [-0.2, 0) is 0 Å². The molecule has 0 aliphatic rings. The van der Waals surface area contributed by atoms with E-state index < -0.39 is 6.43 Å². The summed E-state index contributed by atoms with van der Waals surface area (Å²) in [5.41, 5.74) is 6.57. The van der Waals surface area contributed by atoms with Crippen LogP contribution in [0.25, 0.3) is 0 Å². The van der Waals surface area contributed by atoms with Crippen LogP contribution in [0.4, 0.5) is 20.2 Å². The first kappa shape index (κ1) is 12.4. The quantitative estimate of drug-likeness (QED) is 0.809. The third-order valence-corrected chi connectivity index (χ3v) is 2.67. The molecule has 1 aromatic heterocycles. The molecule has 18 heavy (non-hydrogen) atoms. The first-order valence-electron chi connectivity index (χ1n) is 5.55. The number of nitrogen functional groups attached to an aromatic ring is 1. The van der Waals surface area contributed by atoms with E-state index in [1.54, 1.807) is 18.4 Å². The van der Waals surface area contributed by atoms with Crippen LogP contribution >= 0.6 is 0 Å². The molecular formula is C13H14F2N2O. The highest BCUT2D eigenvalue weighted by Gasteiger charge is 2.12. The Balaban J connectivity index is 2.15. The molecule has 3 N–H and O–H groups in total. The molecule has 0 radical (unpaired) electrons. The summed E-state index contributed by atoms with van der Waals surface area (Å²) >= 11 is 0. The summed E-state index contributed by atoms with van der Waals surface area (Å²) in [6.45, 7) is 1.90. The second kappa shape index (κ2) is 5.08. The zero-order valence-corrected chi connectivity index (χ0v) is 9.86. The maximum absolute atomic E-state index is 12.5. The zero-order chi connectivity index (χ0) is 13.1. The van der Waals surface area contributed by atoms with Crippen molar-refractivity contribution in [2.24, 2.45) is 0 Å². The van der Waals surface area contributed by atoms with Crippen LogP contribution in [0.15, 0.2) is 41.0 Å². The summed E-state index contributed by atoms with van der Waals surface area (Å²) < 4.78 is 30.2. The Morgan fingerprint density at radius 3 is 2.61 bits per heavy atom. The van der Waals surface area contributed by atoms with E-state index in [-0.39, 0.29) is 11.6 Å². The average molecular weight is 252 g/mol. The van der Waals surface area contributed by atoms with Gasteiger partial charge in [0.05, 0.1) is 23.7 Å². The lowest BCUT2D eigenvalue weighted by Crippen LogP contribution is -2.07. The highest BCUT2D eigenvalue weighted by Crippen LogP contribution is 2.28. The minimum atomic E-state index is -2.51. The Bertz CT molecular complexity index is 512. The molecule has 0 saturated heterocycles. The summed E-state index contributed by atoms with van der Waals surface area (Å²) in [5, 5.41) is 3.12. The maximum Gasteiger partial charge on any atom is 0.263 e. The molecule has 0 saturated carbocycles. The molecule has 96 valence electrons. The molecule has 0 aliphatic heterocycles. The smallest absolute Gasteiger partial charge is 0.263 e. The van der Waals surface area contributed by atoms with Crippen LogP contribution < -0.4 is 11.1 Å². The van der Waals surface area contributed by atoms with Crippen LogP contribution in [0, 0.1) is 0 Å². The molecule has 0 spiro atoms. The fraction of sp³-hybridized carbons (Fsp3) is 0.231. The number of halogens is 2. The molecule has 0 amide bonds. The van der Waals surface area contributed by atoms with Crippen LogP contribution in [0.5, 0.6) is 0 Å². The Morgan fingerprint density at radius 2 is 2.06 bits per heavy atom. The molecule has 0 bridgehead atoms. The number of benzene rings is 1. The largest absolute Gasteiger partial charge is 0.467 e. The number of alkyl halides is 2. The molecule has 0 fully saturated rings. The summed E-state index contributed by atoms with van der Waals surface area (Å²) in [6, 6.07) is 7.73. The highest BCUT2D eigenvalue weighted by molar-refractivity contribution is 5.67. The zero-order valence-electron chi connectivity index (χ0n) is 9.86. The van der Waals surface area contributed by atoms with Crippen LogP contribution in [0.1, 0.15) is 30.7 Å². The highest BCUT2D eigenvalue weighted by atomic mass is 19.3. The van der Waals surface area contributed by atoms with Gasteiger partial charge in [-0.05, 0) is 31.2 Å². The predicted molar refractivity (Wildman–Crippen MR) is 66.6 cm³/mol. The lowest BCUT2D eigenvalue weighted by atomic mass is 10.1. The number of furan rings is 1. The molecule has 1 heterocycles. The van der Waals surface area contributed by atoms with Gasteiger partial charge in [-0.2, -0.15) is 0 Å². The van der Waals surface area contributed by atoms with Crippen molar-refractivity contribution in [2.45, 2.75) is 19.4 Å². The topological polar surface area (TPSA) is 51.2 Å². The van der Waals surface area contributed by atoms with Crippen molar-refractivity contribution in [3.8, 4) is 0 Å².